The summed E-state index contributed by atoms with van der Waals surface area (Å²) in [5, 5.41) is 3.93. The fraction of sp³-hybridized carbons (Fsp3) is 0.500. The Morgan fingerprint density at radius 2 is 2.20 bits per heavy atom. The molecule has 7 heteroatoms. The Balaban J connectivity index is 1.58. The molecule has 0 N–H and O–H groups in total. The smallest absolute Gasteiger partial charge is 0.240 e. The number of rotatable bonds is 7. The molecule has 1 atom stereocenters. The van der Waals surface area contributed by atoms with Crippen molar-refractivity contribution in [3.63, 3.8) is 0 Å². The number of Topliss-reactive ketones (excluding diaryl/α,β-unsaturated/α-hetero) is 1. The highest BCUT2D eigenvalue weighted by Gasteiger charge is 2.27. The lowest BCUT2D eigenvalue weighted by Crippen LogP contribution is -2.38. The quantitative estimate of drug-likeness (QED) is 0.717. The number of ether oxygens (including phenoxy) is 1. The van der Waals surface area contributed by atoms with Gasteiger partial charge in [-0.2, -0.15) is 4.98 Å². The molecular weight excluding hydrogens is 325 g/mol. The van der Waals surface area contributed by atoms with Gasteiger partial charge in [0.05, 0.1) is 13.2 Å². The van der Waals surface area contributed by atoms with E-state index in [1.807, 2.05) is 0 Å². The molecule has 0 unspecified atom stereocenters. The summed E-state index contributed by atoms with van der Waals surface area (Å²) in [4.78, 5) is 19.1. The molecule has 6 nitrogen and oxygen atoms in total. The lowest BCUT2D eigenvalue weighted by Gasteiger charge is -2.30. The van der Waals surface area contributed by atoms with Gasteiger partial charge in [0.1, 0.15) is 5.82 Å². The number of carbonyl (C=O) groups is 1. The Labute approximate surface area is 146 Å². The minimum absolute atomic E-state index is 0.0658. The summed E-state index contributed by atoms with van der Waals surface area (Å²) in [5.41, 5.74) is 0.563. The van der Waals surface area contributed by atoms with E-state index >= 15 is 0 Å². The van der Waals surface area contributed by atoms with Crippen molar-refractivity contribution in [2.45, 2.75) is 25.8 Å². The van der Waals surface area contributed by atoms with E-state index in [0.717, 1.165) is 19.4 Å². The van der Waals surface area contributed by atoms with E-state index in [0.29, 0.717) is 43.4 Å². The first kappa shape index (κ1) is 17.7. The number of piperidine rings is 1. The fourth-order valence-electron chi connectivity index (χ4n) is 3.10. The number of methoxy groups -OCH3 is 1. The molecule has 2 aromatic rings. The third-order valence-electron chi connectivity index (χ3n) is 4.40. The maximum atomic E-state index is 13.0. The first-order chi connectivity index (χ1) is 12.2. The van der Waals surface area contributed by atoms with E-state index in [-0.39, 0.29) is 17.5 Å². The maximum absolute atomic E-state index is 13.0. The van der Waals surface area contributed by atoms with Crippen molar-refractivity contribution in [3.8, 4) is 0 Å². The normalized spacial score (nSPS) is 18.4. The zero-order valence-electron chi connectivity index (χ0n) is 14.3. The molecule has 1 aliphatic heterocycles. The summed E-state index contributed by atoms with van der Waals surface area (Å²) in [7, 11) is 1.63. The highest BCUT2D eigenvalue weighted by molar-refractivity contribution is 5.98. The van der Waals surface area contributed by atoms with Crippen molar-refractivity contribution in [1.82, 2.24) is 15.0 Å². The van der Waals surface area contributed by atoms with Gasteiger partial charge in [0.2, 0.25) is 5.89 Å². The average molecular weight is 347 g/mol. The van der Waals surface area contributed by atoms with E-state index < -0.39 is 0 Å². The second-order valence-electron chi connectivity index (χ2n) is 6.29. The summed E-state index contributed by atoms with van der Waals surface area (Å²) < 4.78 is 23.3. The molecule has 1 saturated heterocycles. The van der Waals surface area contributed by atoms with Crippen molar-refractivity contribution in [1.29, 1.82) is 0 Å². The molecule has 0 radical (unpaired) electrons. The predicted octanol–water partition coefficient (Wildman–Crippen LogP) is 2.49. The van der Waals surface area contributed by atoms with Crippen LogP contribution in [0.25, 0.3) is 0 Å². The van der Waals surface area contributed by atoms with Gasteiger partial charge in [-0.25, -0.2) is 4.39 Å². The van der Waals surface area contributed by atoms with Crippen LogP contribution < -0.4 is 0 Å². The maximum Gasteiger partial charge on any atom is 0.240 e. The van der Waals surface area contributed by atoms with Crippen LogP contribution in [0.4, 0.5) is 4.39 Å². The summed E-state index contributed by atoms with van der Waals surface area (Å²) in [6.45, 7) is 2.62. The van der Waals surface area contributed by atoms with E-state index in [9.17, 15) is 9.18 Å². The number of nitrogens with zero attached hydrogens (tertiary/aromatic N) is 3. The van der Waals surface area contributed by atoms with Gasteiger partial charge in [-0.1, -0.05) is 5.16 Å². The number of carbonyl (C=O) groups excluding carboxylic acids is 1. The van der Waals surface area contributed by atoms with Gasteiger partial charge in [0.25, 0.3) is 0 Å². The number of halogens is 1. The highest BCUT2D eigenvalue weighted by atomic mass is 19.1. The van der Waals surface area contributed by atoms with Gasteiger partial charge in [0.15, 0.2) is 11.6 Å². The molecule has 25 heavy (non-hydrogen) atoms. The van der Waals surface area contributed by atoms with E-state index in [1.165, 1.54) is 12.1 Å². The lowest BCUT2D eigenvalue weighted by molar-refractivity contribution is 0.0797. The van der Waals surface area contributed by atoms with Crippen LogP contribution in [0.5, 0.6) is 0 Å². The van der Waals surface area contributed by atoms with Gasteiger partial charge in [-0.15, -0.1) is 0 Å². The van der Waals surface area contributed by atoms with Crippen LogP contribution in [0, 0.1) is 11.7 Å². The van der Waals surface area contributed by atoms with Crippen LogP contribution in [-0.2, 0) is 17.7 Å². The molecule has 1 fully saturated rings. The second kappa shape index (κ2) is 8.31. The molecular formula is C18H22FN3O3. The van der Waals surface area contributed by atoms with Gasteiger partial charge >= 0.3 is 0 Å². The van der Waals surface area contributed by atoms with E-state index in [2.05, 4.69) is 15.0 Å². The number of hydrogen-bond donors (Lipinski definition) is 0. The zero-order chi connectivity index (χ0) is 17.6. The van der Waals surface area contributed by atoms with Crippen LogP contribution in [0.3, 0.4) is 0 Å². The van der Waals surface area contributed by atoms with Gasteiger partial charge in [0, 0.05) is 31.6 Å². The highest BCUT2D eigenvalue weighted by Crippen LogP contribution is 2.22. The van der Waals surface area contributed by atoms with Crippen LogP contribution in [0.15, 0.2) is 28.8 Å². The number of ketones is 1. The van der Waals surface area contributed by atoms with Crippen molar-refractivity contribution < 1.29 is 18.4 Å². The zero-order valence-corrected chi connectivity index (χ0v) is 14.3. The average Bonchev–Trinajstić information content (AvgIpc) is 3.07. The molecule has 2 heterocycles. The molecule has 0 aliphatic carbocycles. The van der Waals surface area contributed by atoms with E-state index in [1.54, 1.807) is 19.2 Å². The fourth-order valence-corrected chi connectivity index (χ4v) is 3.10. The molecule has 1 aromatic carbocycles. The van der Waals surface area contributed by atoms with Crippen LogP contribution in [-0.4, -0.2) is 47.6 Å². The molecule has 0 spiro atoms. The SMILES string of the molecule is COCCc1noc(CN2CCC[C@H](C(=O)c3ccc(F)cc3)C2)n1. The molecule has 3 rings (SSSR count). The molecule has 0 amide bonds. The monoisotopic (exact) mass is 347 g/mol. The van der Waals surface area contributed by atoms with Crippen LogP contribution in [0.2, 0.25) is 0 Å². The van der Waals surface area contributed by atoms with Gasteiger partial charge < -0.3 is 9.26 Å². The minimum atomic E-state index is -0.331. The standard InChI is InChI=1S/C18H22FN3O3/c1-24-10-8-16-20-17(25-21-16)12-22-9-2-3-14(11-22)18(23)13-4-6-15(19)7-5-13/h4-7,14H,2-3,8-12H2,1H3/t14-/m0/s1. The van der Waals surface area contributed by atoms with Crippen molar-refractivity contribution in [3.05, 3.63) is 47.4 Å². The van der Waals surface area contributed by atoms with Crippen molar-refractivity contribution in [2.75, 3.05) is 26.8 Å². The van der Waals surface area contributed by atoms with E-state index in [4.69, 9.17) is 9.26 Å². The lowest BCUT2D eigenvalue weighted by atomic mass is 9.90. The summed E-state index contributed by atoms with van der Waals surface area (Å²) in [5.74, 6) is 0.836. The second-order valence-corrected chi connectivity index (χ2v) is 6.29. The molecule has 0 bridgehead atoms. The summed E-state index contributed by atoms with van der Waals surface area (Å²) in [6, 6.07) is 5.76. The van der Waals surface area contributed by atoms with Gasteiger partial charge in [-0.3, -0.25) is 9.69 Å². The largest absolute Gasteiger partial charge is 0.384 e. The molecule has 1 aromatic heterocycles. The Kier molecular flexibility index (Phi) is 5.88. The number of aromatic nitrogens is 2. The molecule has 0 saturated carbocycles. The number of likely N-dealkylation sites (tertiary alicyclic amines) is 1. The van der Waals surface area contributed by atoms with Crippen LogP contribution >= 0.6 is 0 Å². The first-order valence-electron chi connectivity index (χ1n) is 8.48. The third kappa shape index (κ3) is 4.70. The topological polar surface area (TPSA) is 68.5 Å². The Hall–Kier alpha value is -2.12. The Bertz CT molecular complexity index is 702. The third-order valence-corrected chi connectivity index (χ3v) is 4.40. The number of benzene rings is 1. The molecule has 134 valence electrons. The Morgan fingerprint density at radius 3 is 2.96 bits per heavy atom. The summed E-state index contributed by atoms with van der Waals surface area (Å²) in [6.07, 6.45) is 2.39. The van der Waals surface area contributed by atoms with Crippen molar-refractivity contribution in [2.24, 2.45) is 5.92 Å². The first-order valence-corrected chi connectivity index (χ1v) is 8.48. The van der Waals surface area contributed by atoms with Crippen molar-refractivity contribution >= 4 is 5.78 Å². The Morgan fingerprint density at radius 1 is 1.40 bits per heavy atom. The minimum Gasteiger partial charge on any atom is -0.384 e. The predicted molar refractivity (Wildman–Crippen MR) is 88.6 cm³/mol. The number of hydrogen-bond acceptors (Lipinski definition) is 6. The van der Waals surface area contributed by atoms with Crippen LogP contribution in [0.1, 0.15) is 34.9 Å². The summed E-state index contributed by atoms with van der Waals surface area (Å²) >= 11 is 0. The van der Waals surface area contributed by atoms with Gasteiger partial charge in [-0.05, 0) is 43.7 Å². The molecule has 1 aliphatic rings.